The van der Waals surface area contributed by atoms with Gasteiger partial charge in [-0.25, -0.2) is 4.79 Å². The molecule has 4 rings (SSSR count). The van der Waals surface area contributed by atoms with Gasteiger partial charge in [0.2, 0.25) is 0 Å². The molecule has 156 valence electrons. The van der Waals surface area contributed by atoms with Crippen molar-refractivity contribution in [2.45, 2.75) is 18.9 Å². The van der Waals surface area contributed by atoms with Gasteiger partial charge < -0.3 is 9.84 Å². The van der Waals surface area contributed by atoms with Gasteiger partial charge in [0.05, 0.1) is 0 Å². The number of carbonyl (C=O) groups is 1. The minimum atomic E-state index is -0.960. The molecular weight excluding hydrogens is 428 g/mol. The van der Waals surface area contributed by atoms with Crippen LogP contribution in [0.4, 0.5) is 0 Å². The normalized spacial score (nSPS) is 12.3. The average Bonchev–Trinajstić information content (AvgIpc) is 3.20. The lowest BCUT2D eigenvalue weighted by atomic mass is 10.1. The SMILES string of the molecule is O=C(O)C(CC/C=C/c1ccccc1)Oc1ccc(-c2cc3cc(Cl)ccc3s2)cc1. The largest absolute Gasteiger partial charge is 0.479 e. The summed E-state index contributed by atoms with van der Waals surface area (Å²) in [6, 6.07) is 25.5. The summed E-state index contributed by atoms with van der Waals surface area (Å²) >= 11 is 7.78. The van der Waals surface area contributed by atoms with Crippen molar-refractivity contribution in [1.29, 1.82) is 0 Å². The van der Waals surface area contributed by atoms with Crippen molar-refractivity contribution in [3.8, 4) is 16.2 Å². The van der Waals surface area contributed by atoms with Gasteiger partial charge >= 0.3 is 5.97 Å². The molecule has 1 unspecified atom stereocenters. The summed E-state index contributed by atoms with van der Waals surface area (Å²) in [5.41, 5.74) is 2.15. The molecule has 0 bridgehead atoms. The summed E-state index contributed by atoms with van der Waals surface area (Å²) in [6.07, 6.45) is 4.10. The van der Waals surface area contributed by atoms with Crippen molar-refractivity contribution >= 4 is 45.1 Å². The molecule has 5 heteroatoms. The third kappa shape index (κ3) is 5.54. The summed E-state index contributed by atoms with van der Waals surface area (Å²) in [6.45, 7) is 0. The molecule has 4 aromatic rings. The number of thiophene rings is 1. The van der Waals surface area contributed by atoms with Gasteiger partial charge in [-0.1, -0.05) is 54.1 Å². The molecule has 0 radical (unpaired) electrons. The Morgan fingerprint density at radius 2 is 1.81 bits per heavy atom. The van der Waals surface area contributed by atoms with E-state index in [9.17, 15) is 9.90 Å². The van der Waals surface area contributed by atoms with Crippen LogP contribution in [-0.4, -0.2) is 17.2 Å². The third-order valence-corrected chi connectivity index (χ3v) is 6.28. The Hall–Kier alpha value is -3.08. The maximum absolute atomic E-state index is 11.6. The lowest BCUT2D eigenvalue weighted by molar-refractivity contribution is -0.145. The zero-order valence-electron chi connectivity index (χ0n) is 16.7. The first-order valence-corrected chi connectivity index (χ1v) is 11.2. The maximum Gasteiger partial charge on any atom is 0.344 e. The first-order valence-electron chi connectivity index (χ1n) is 9.99. The Balaban J connectivity index is 1.39. The number of fused-ring (bicyclic) bond motifs is 1. The highest BCUT2D eigenvalue weighted by Gasteiger charge is 2.18. The second-order valence-corrected chi connectivity index (χ2v) is 8.67. The molecule has 0 aliphatic rings. The van der Waals surface area contributed by atoms with Crippen molar-refractivity contribution in [3.05, 3.63) is 95.5 Å². The van der Waals surface area contributed by atoms with E-state index < -0.39 is 12.1 Å². The van der Waals surface area contributed by atoms with Crippen LogP contribution in [0, 0.1) is 0 Å². The standard InChI is InChI=1S/C26H21ClO3S/c27-21-12-15-24-20(16-21)17-25(31-24)19-10-13-22(14-11-19)30-23(26(28)29)9-5-4-8-18-6-2-1-3-7-18/h1-4,6-8,10-17,23H,5,9H2,(H,28,29)/b8-4+. The van der Waals surface area contributed by atoms with Gasteiger partial charge in [0.1, 0.15) is 5.75 Å². The summed E-state index contributed by atoms with van der Waals surface area (Å²) in [5.74, 6) is -0.411. The topological polar surface area (TPSA) is 46.5 Å². The minimum absolute atomic E-state index is 0.400. The molecule has 1 N–H and O–H groups in total. The van der Waals surface area contributed by atoms with Gasteiger partial charge in [0, 0.05) is 14.6 Å². The van der Waals surface area contributed by atoms with Gasteiger partial charge in [0.15, 0.2) is 6.10 Å². The summed E-state index contributed by atoms with van der Waals surface area (Å²) < 4.78 is 6.92. The van der Waals surface area contributed by atoms with Crippen molar-refractivity contribution in [2.24, 2.45) is 0 Å². The van der Waals surface area contributed by atoms with Crippen molar-refractivity contribution in [1.82, 2.24) is 0 Å². The fourth-order valence-corrected chi connectivity index (χ4v) is 4.51. The van der Waals surface area contributed by atoms with Crippen LogP contribution < -0.4 is 4.74 Å². The summed E-state index contributed by atoms with van der Waals surface area (Å²) in [7, 11) is 0. The van der Waals surface area contributed by atoms with Crippen LogP contribution in [0.25, 0.3) is 26.6 Å². The smallest absolute Gasteiger partial charge is 0.344 e. The number of ether oxygens (including phenoxy) is 1. The number of hydrogen-bond donors (Lipinski definition) is 1. The fourth-order valence-electron chi connectivity index (χ4n) is 3.28. The summed E-state index contributed by atoms with van der Waals surface area (Å²) in [5, 5.41) is 11.4. The van der Waals surface area contributed by atoms with Crippen LogP contribution in [0.15, 0.2) is 84.9 Å². The second-order valence-electron chi connectivity index (χ2n) is 7.15. The summed E-state index contributed by atoms with van der Waals surface area (Å²) in [4.78, 5) is 12.8. The Bertz CT molecular complexity index is 1200. The first-order chi connectivity index (χ1) is 15.1. The Morgan fingerprint density at radius 1 is 1.03 bits per heavy atom. The number of rotatable bonds is 8. The maximum atomic E-state index is 11.6. The zero-order valence-corrected chi connectivity index (χ0v) is 18.3. The highest BCUT2D eigenvalue weighted by molar-refractivity contribution is 7.22. The van der Waals surface area contributed by atoms with Crippen LogP contribution in [0.5, 0.6) is 5.75 Å². The number of carboxylic acids is 1. The van der Waals surface area contributed by atoms with E-state index >= 15 is 0 Å². The van der Waals surface area contributed by atoms with Gasteiger partial charge in [-0.2, -0.15) is 0 Å². The van der Waals surface area contributed by atoms with E-state index in [0.29, 0.717) is 18.6 Å². The second kappa shape index (κ2) is 9.82. The molecule has 1 atom stereocenters. The lowest BCUT2D eigenvalue weighted by Crippen LogP contribution is -2.26. The predicted octanol–water partition coefficient (Wildman–Crippen LogP) is 7.55. The van der Waals surface area contributed by atoms with Crippen LogP contribution in [0.1, 0.15) is 18.4 Å². The first kappa shape index (κ1) is 21.2. The van der Waals surface area contributed by atoms with Crippen molar-refractivity contribution in [2.75, 3.05) is 0 Å². The predicted molar refractivity (Wildman–Crippen MR) is 129 cm³/mol. The van der Waals surface area contributed by atoms with Crippen molar-refractivity contribution < 1.29 is 14.6 Å². The molecule has 0 fully saturated rings. The van der Waals surface area contributed by atoms with Crippen LogP contribution in [0.2, 0.25) is 5.02 Å². The molecule has 0 spiro atoms. The average molecular weight is 449 g/mol. The third-order valence-electron chi connectivity index (χ3n) is 4.88. The molecule has 0 saturated carbocycles. The van der Waals surface area contributed by atoms with Gasteiger partial charge in [-0.05, 0) is 77.9 Å². The number of benzene rings is 3. The fraction of sp³-hybridized carbons (Fsp3) is 0.115. The number of allylic oxidation sites excluding steroid dienone is 1. The molecular formula is C26H21ClO3S. The van der Waals surface area contributed by atoms with E-state index in [1.54, 1.807) is 11.3 Å². The molecule has 0 amide bonds. The van der Waals surface area contributed by atoms with E-state index in [0.717, 1.165) is 26.4 Å². The van der Waals surface area contributed by atoms with E-state index in [1.807, 2.05) is 84.9 Å². The van der Waals surface area contributed by atoms with Gasteiger partial charge in [-0.3, -0.25) is 0 Å². The molecule has 0 aliphatic heterocycles. The van der Waals surface area contributed by atoms with Gasteiger partial charge in [0.25, 0.3) is 0 Å². The molecule has 3 nitrogen and oxygen atoms in total. The van der Waals surface area contributed by atoms with E-state index in [-0.39, 0.29) is 0 Å². The van der Waals surface area contributed by atoms with E-state index in [2.05, 4.69) is 6.07 Å². The number of carboxylic acid groups (broad SMARTS) is 1. The van der Waals surface area contributed by atoms with Gasteiger partial charge in [-0.15, -0.1) is 11.3 Å². The highest BCUT2D eigenvalue weighted by Crippen LogP contribution is 2.35. The lowest BCUT2D eigenvalue weighted by Gasteiger charge is -2.14. The Morgan fingerprint density at radius 3 is 2.55 bits per heavy atom. The number of hydrogen-bond acceptors (Lipinski definition) is 3. The number of halogens is 1. The number of aliphatic carboxylic acids is 1. The van der Waals surface area contributed by atoms with Crippen molar-refractivity contribution in [3.63, 3.8) is 0 Å². The highest BCUT2D eigenvalue weighted by atomic mass is 35.5. The quantitative estimate of drug-likeness (QED) is 0.302. The monoisotopic (exact) mass is 448 g/mol. The van der Waals surface area contributed by atoms with Crippen LogP contribution >= 0.6 is 22.9 Å². The molecule has 3 aromatic carbocycles. The Kier molecular flexibility index (Phi) is 6.70. The van der Waals surface area contributed by atoms with E-state index in [1.165, 1.54) is 4.70 Å². The van der Waals surface area contributed by atoms with E-state index in [4.69, 9.17) is 16.3 Å². The van der Waals surface area contributed by atoms with Crippen LogP contribution in [0.3, 0.4) is 0 Å². The molecule has 31 heavy (non-hydrogen) atoms. The molecule has 0 saturated heterocycles. The van der Waals surface area contributed by atoms with Crippen LogP contribution in [-0.2, 0) is 4.79 Å². The minimum Gasteiger partial charge on any atom is -0.479 e. The Labute approximate surface area is 190 Å². The zero-order chi connectivity index (χ0) is 21.6. The molecule has 1 heterocycles. The molecule has 1 aromatic heterocycles. The molecule has 0 aliphatic carbocycles.